The monoisotopic (exact) mass is 321 g/mol. The van der Waals surface area contributed by atoms with Gasteiger partial charge >= 0.3 is 5.97 Å². The van der Waals surface area contributed by atoms with Gasteiger partial charge in [-0.05, 0) is 38.1 Å². The number of hydrogen-bond acceptors (Lipinski definition) is 4. The topological polar surface area (TPSA) is 98.7 Å². The maximum absolute atomic E-state index is 12.0. The van der Waals surface area contributed by atoms with E-state index in [1.165, 1.54) is 0 Å². The average molecular weight is 321 g/mol. The summed E-state index contributed by atoms with van der Waals surface area (Å²) in [5, 5.41) is 14.2. The van der Waals surface area contributed by atoms with Crippen molar-refractivity contribution in [1.29, 1.82) is 0 Å². The highest BCUT2D eigenvalue weighted by molar-refractivity contribution is 5.97. The lowest BCUT2D eigenvalue weighted by molar-refractivity contribution is -0.138. The fraction of sp³-hybridized carbons (Fsp3) is 0.438. The molecule has 23 heavy (non-hydrogen) atoms. The van der Waals surface area contributed by atoms with Gasteiger partial charge < -0.3 is 15.7 Å². The molecule has 7 nitrogen and oxygen atoms in total. The first-order valence-electron chi connectivity index (χ1n) is 7.58. The SMILES string of the molecule is CCCN(CC(=O)O)CC(=O)Nc1cccc(C(=O)NCC)c1. The quantitative estimate of drug-likeness (QED) is 0.634. The van der Waals surface area contributed by atoms with Gasteiger partial charge in [0.1, 0.15) is 0 Å². The first-order chi connectivity index (χ1) is 11.0. The van der Waals surface area contributed by atoms with E-state index in [0.29, 0.717) is 24.3 Å². The predicted octanol–water partition coefficient (Wildman–Crippen LogP) is 1.17. The molecule has 1 aromatic carbocycles. The molecule has 0 unspecified atom stereocenters. The van der Waals surface area contributed by atoms with Crippen LogP contribution in [0, 0.1) is 0 Å². The lowest BCUT2D eigenvalue weighted by Gasteiger charge is -2.18. The molecule has 0 aliphatic heterocycles. The first-order valence-corrected chi connectivity index (χ1v) is 7.58. The largest absolute Gasteiger partial charge is 0.480 e. The average Bonchev–Trinajstić information content (AvgIpc) is 2.47. The van der Waals surface area contributed by atoms with Crippen LogP contribution in [0.15, 0.2) is 24.3 Å². The molecule has 7 heteroatoms. The third-order valence-electron chi connectivity index (χ3n) is 3.01. The van der Waals surface area contributed by atoms with Gasteiger partial charge in [-0.25, -0.2) is 0 Å². The number of carbonyl (C=O) groups is 3. The number of carboxylic acids is 1. The number of amides is 2. The molecule has 0 radical (unpaired) electrons. The maximum Gasteiger partial charge on any atom is 0.317 e. The highest BCUT2D eigenvalue weighted by atomic mass is 16.4. The molecular formula is C16H23N3O4. The van der Waals surface area contributed by atoms with Crippen molar-refractivity contribution in [1.82, 2.24) is 10.2 Å². The first kappa shape index (κ1) is 18.6. The Bertz CT molecular complexity index is 560. The molecule has 2 amide bonds. The smallest absolute Gasteiger partial charge is 0.317 e. The zero-order chi connectivity index (χ0) is 17.2. The van der Waals surface area contributed by atoms with E-state index in [-0.39, 0.29) is 24.9 Å². The van der Waals surface area contributed by atoms with Crippen molar-refractivity contribution in [2.75, 3.05) is 31.5 Å². The molecule has 0 fully saturated rings. The summed E-state index contributed by atoms with van der Waals surface area (Å²) in [4.78, 5) is 36.2. The highest BCUT2D eigenvalue weighted by Gasteiger charge is 2.14. The molecule has 0 bridgehead atoms. The van der Waals surface area contributed by atoms with Gasteiger partial charge in [0.25, 0.3) is 5.91 Å². The third-order valence-corrected chi connectivity index (χ3v) is 3.01. The van der Waals surface area contributed by atoms with Gasteiger partial charge in [0, 0.05) is 17.8 Å². The highest BCUT2D eigenvalue weighted by Crippen LogP contribution is 2.10. The van der Waals surface area contributed by atoms with E-state index in [9.17, 15) is 14.4 Å². The Morgan fingerprint density at radius 1 is 1.17 bits per heavy atom. The summed E-state index contributed by atoms with van der Waals surface area (Å²) in [5.41, 5.74) is 0.964. The van der Waals surface area contributed by atoms with Gasteiger partial charge in [-0.2, -0.15) is 0 Å². The van der Waals surface area contributed by atoms with Gasteiger partial charge in [0.15, 0.2) is 0 Å². The fourth-order valence-corrected chi connectivity index (χ4v) is 2.13. The lowest BCUT2D eigenvalue weighted by Crippen LogP contribution is -2.37. The van der Waals surface area contributed by atoms with Crippen molar-refractivity contribution >= 4 is 23.5 Å². The van der Waals surface area contributed by atoms with E-state index in [0.717, 1.165) is 6.42 Å². The van der Waals surface area contributed by atoms with Crippen LogP contribution in [0.1, 0.15) is 30.6 Å². The van der Waals surface area contributed by atoms with E-state index in [4.69, 9.17) is 5.11 Å². The van der Waals surface area contributed by atoms with Crippen molar-refractivity contribution in [3.05, 3.63) is 29.8 Å². The number of nitrogens with zero attached hydrogens (tertiary/aromatic N) is 1. The minimum Gasteiger partial charge on any atom is -0.480 e. The number of hydrogen-bond donors (Lipinski definition) is 3. The number of rotatable bonds is 9. The molecule has 0 aromatic heterocycles. The summed E-state index contributed by atoms with van der Waals surface area (Å²) in [6.45, 7) is 4.61. The Morgan fingerprint density at radius 3 is 2.52 bits per heavy atom. The van der Waals surface area contributed by atoms with Crippen molar-refractivity contribution < 1.29 is 19.5 Å². The van der Waals surface area contributed by atoms with Crippen LogP contribution in [-0.4, -0.2) is 54.0 Å². The molecular weight excluding hydrogens is 298 g/mol. The van der Waals surface area contributed by atoms with E-state index in [1.54, 1.807) is 29.2 Å². The number of anilines is 1. The predicted molar refractivity (Wildman–Crippen MR) is 87.4 cm³/mol. The minimum atomic E-state index is -0.968. The fourth-order valence-electron chi connectivity index (χ4n) is 2.13. The van der Waals surface area contributed by atoms with Crippen LogP contribution in [0.4, 0.5) is 5.69 Å². The number of carboxylic acid groups (broad SMARTS) is 1. The number of nitrogens with one attached hydrogen (secondary N) is 2. The van der Waals surface area contributed by atoms with E-state index < -0.39 is 5.97 Å². The second-order valence-corrected chi connectivity index (χ2v) is 5.09. The molecule has 0 atom stereocenters. The van der Waals surface area contributed by atoms with Crippen molar-refractivity contribution in [2.24, 2.45) is 0 Å². The summed E-state index contributed by atoms with van der Waals surface area (Å²) in [6, 6.07) is 6.61. The zero-order valence-corrected chi connectivity index (χ0v) is 13.5. The standard InChI is InChI=1S/C16H23N3O4/c1-3-8-19(11-15(21)22)10-14(20)18-13-7-5-6-12(9-13)16(23)17-4-2/h5-7,9H,3-4,8,10-11H2,1-2H3,(H,17,23)(H,18,20)(H,21,22). The van der Waals surface area contributed by atoms with Gasteiger partial charge in [-0.1, -0.05) is 13.0 Å². The number of benzene rings is 1. The van der Waals surface area contributed by atoms with Crippen LogP contribution < -0.4 is 10.6 Å². The molecule has 0 spiro atoms. The van der Waals surface area contributed by atoms with Gasteiger partial charge in [0.2, 0.25) is 5.91 Å². The minimum absolute atomic E-state index is 0.00841. The zero-order valence-electron chi connectivity index (χ0n) is 13.5. The van der Waals surface area contributed by atoms with Gasteiger partial charge in [-0.15, -0.1) is 0 Å². The van der Waals surface area contributed by atoms with Gasteiger partial charge in [-0.3, -0.25) is 19.3 Å². The molecule has 1 rings (SSSR count). The van der Waals surface area contributed by atoms with Crippen LogP contribution in [0.2, 0.25) is 0 Å². The second-order valence-electron chi connectivity index (χ2n) is 5.09. The lowest BCUT2D eigenvalue weighted by atomic mass is 10.2. The number of aliphatic carboxylic acids is 1. The summed E-state index contributed by atoms with van der Waals surface area (Å²) < 4.78 is 0. The van der Waals surface area contributed by atoms with Crippen molar-refractivity contribution in [3.8, 4) is 0 Å². The molecule has 0 heterocycles. The molecule has 126 valence electrons. The molecule has 0 aliphatic carbocycles. The van der Waals surface area contributed by atoms with E-state index >= 15 is 0 Å². The van der Waals surface area contributed by atoms with Crippen LogP contribution in [0.3, 0.4) is 0 Å². The Labute approximate surface area is 135 Å². The Hall–Kier alpha value is -2.41. The molecule has 3 N–H and O–H groups in total. The number of carbonyl (C=O) groups excluding carboxylic acids is 2. The van der Waals surface area contributed by atoms with Crippen LogP contribution in [0.25, 0.3) is 0 Å². The van der Waals surface area contributed by atoms with Gasteiger partial charge in [0.05, 0.1) is 13.1 Å². The summed E-state index contributed by atoms with van der Waals surface area (Å²) in [5.74, 6) is -1.49. The van der Waals surface area contributed by atoms with Crippen LogP contribution in [-0.2, 0) is 9.59 Å². The Kier molecular flexibility index (Phi) is 7.76. The van der Waals surface area contributed by atoms with Crippen LogP contribution in [0.5, 0.6) is 0 Å². The Balaban J connectivity index is 2.67. The summed E-state index contributed by atoms with van der Waals surface area (Å²) in [6.07, 6.45) is 0.757. The second kappa shape index (κ2) is 9.58. The molecule has 1 aromatic rings. The molecule has 0 saturated carbocycles. The van der Waals surface area contributed by atoms with Crippen LogP contribution >= 0.6 is 0 Å². The van der Waals surface area contributed by atoms with E-state index in [1.807, 2.05) is 13.8 Å². The Morgan fingerprint density at radius 2 is 1.91 bits per heavy atom. The summed E-state index contributed by atoms with van der Waals surface area (Å²) >= 11 is 0. The molecule has 0 saturated heterocycles. The van der Waals surface area contributed by atoms with E-state index in [2.05, 4.69) is 10.6 Å². The molecule has 0 aliphatic rings. The third kappa shape index (κ3) is 6.92. The van der Waals surface area contributed by atoms with Crippen molar-refractivity contribution in [2.45, 2.75) is 20.3 Å². The maximum atomic E-state index is 12.0. The summed E-state index contributed by atoms with van der Waals surface area (Å²) in [7, 11) is 0. The van der Waals surface area contributed by atoms with Crippen molar-refractivity contribution in [3.63, 3.8) is 0 Å². The normalized spacial score (nSPS) is 10.4.